The van der Waals surface area contributed by atoms with E-state index in [2.05, 4.69) is 25.1 Å². The Morgan fingerprint density at radius 1 is 1.21 bits per heavy atom. The van der Waals surface area contributed by atoms with Gasteiger partial charge in [-0.3, -0.25) is 0 Å². The van der Waals surface area contributed by atoms with E-state index in [4.69, 9.17) is 11.6 Å². The van der Waals surface area contributed by atoms with Gasteiger partial charge in [0.2, 0.25) is 0 Å². The highest BCUT2D eigenvalue weighted by molar-refractivity contribution is 6.20. The SMILES string of the molecule is CCC(Cl)c1ccc2c(c1)CCCC2. The molecule has 0 saturated heterocycles. The van der Waals surface area contributed by atoms with Crippen molar-refractivity contribution >= 4 is 11.6 Å². The molecular formula is C13H17Cl. The Bertz CT molecular complexity index is 317. The Hall–Kier alpha value is -0.490. The summed E-state index contributed by atoms with van der Waals surface area (Å²) in [5, 5.41) is 0.197. The van der Waals surface area contributed by atoms with Gasteiger partial charge in [0.15, 0.2) is 0 Å². The van der Waals surface area contributed by atoms with Gasteiger partial charge in [-0.1, -0.05) is 25.1 Å². The Morgan fingerprint density at radius 2 is 1.93 bits per heavy atom. The number of hydrogen-bond acceptors (Lipinski definition) is 0. The molecule has 1 aliphatic rings. The van der Waals surface area contributed by atoms with Crippen LogP contribution in [-0.4, -0.2) is 0 Å². The van der Waals surface area contributed by atoms with Crippen LogP contribution in [0.25, 0.3) is 0 Å². The lowest BCUT2D eigenvalue weighted by molar-refractivity contribution is 0.683. The summed E-state index contributed by atoms with van der Waals surface area (Å²) < 4.78 is 0. The number of aryl methyl sites for hydroxylation is 2. The molecule has 0 amide bonds. The molecule has 1 unspecified atom stereocenters. The lowest BCUT2D eigenvalue weighted by Crippen LogP contribution is -2.03. The van der Waals surface area contributed by atoms with Gasteiger partial charge in [0.25, 0.3) is 0 Å². The van der Waals surface area contributed by atoms with E-state index in [-0.39, 0.29) is 5.38 Å². The molecule has 0 saturated carbocycles. The van der Waals surface area contributed by atoms with Gasteiger partial charge in [0.05, 0.1) is 5.38 Å². The minimum Gasteiger partial charge on any atom is -0.118 e. The second-order valence-corrected chi connectivity index (χ2v) is 4.64. The lowest BCUT2D eigenvalue weighted by Gasteiger charge is -2.17. The van der Waals surface area contributed by atoms with Crippen molar-refractivity contribution in [2.45, 2.75) is 44.4 Å². The molecule has 76 valence electrons. The molecule has 0 heterocycles. The predicted octanol–water partition coefficient (Wildman–Crippen LogP) is 4.26. The molecule has 0 N–H and O–H groups in total. The Morgan fingerprint density at radius 3 is 2.64 bits per heavy atom. The van der Waals surface area contributed by atoms with E-state index < -0.39 is 0 Å². The molecule has 0 fully saturated rings. The third-order valence-corrected chi connectivity index (χ3v) is 3.65. The smallest absolute Gasteiger partial charge is 0.0582 e. The standard InChI is InChI=1S/C13H17Cl/c1-2-13(14)12-8-7-10-5-3-4-6-11(10)9-12/h7-9,13H,2-6H2,1H3. The molecule has 14 heavy (non-hydrogen) atoms. The van der Waals surface area contributed by atoms with Crippen LogP contribution in [0.3, 0.4) is 0 Å². The molecule has 0 aromatic heterocycles. The van der Waals surface area contributed by atoms with E-state index in [9.17, 15) is 0 Å². The van der Waals surface area contributed by atoms with E-state index in [1.54, 1.807) is 5.56 Å². The molecule has 1 atom stereocenters. The van der Waals surface area contributed by atoms with Gasteiger partial charge in [-0.25, -0.2) is 0 Å². The van der Waals surface area contributed by atoms with Crippen molar-refractivity contribution < 1.29 is 0 Å². The van der Waals surface area contributed by atoms with Crippen LogP contribution < -0.4 is 0 Å². The molecular weight excluding hydrogens is 192 g/mol. The lowest BCUT2D eigenvalue weighted by atomic mass is 9.90. The highest BCUT2D eigenvalue weighted by Gasteiger charge is 2.12. The Labute approximate surface area is 91.3 Å². The first-order chi connectivity index (χ1) is 6.81. The molecule has 0 spiro atoms. The normalized spacial score (nSPS) is 17.6. The number of alkyl halides is 1. The van der Waals surface area contributed by atoms with Crippen LogP contribution >= 0.6 is 11.6 Å². The van der Waals surface area contributed by atoms with E-state index in [0.717, 1.165) is 6.42 Å². The summed E-state index contributed by atoms with van der Waals surface area (Å²) in [5.41, 5.74) is 4.38. The molecule has 0 bridgehead atoms. The molecule has 1 heteroatoms. The first kappa shape index (κ1) is 10.0. The fraction of sp³-hybridized carbons (Fsp3) is 0.538. The maximum Gasteiger partial charge on any atom is 0.0582 e. The topological polar surface area (TPSA) is 0 Å². The second-order valence-electron chi connectivity index (χ2n) is 4.11. The zero-order valence-electron chi connectivity index (χ0n) is 8.72. The zero-order chi connectivity index (χ0) is 9.97. The van der Waals surface area contributed by atoms with Crippen LogP contribution in [0.1, 0.15) is 48.3 Å². The molecule has 1 aromatic carbocycles. The molecule has 1 aromatic rings. The van der Waals surface area contributed by atoms with Gasteiger partial charge in [0.1, 0.15) is 0 Å². The maximum absolute atomic E-state index is 6.23. The van der Waals surface area contributed by atoms with E-state index in [0.29, 0.717) is 0 Å². The number of hydrogen-bond donors (Lipinski definition) is 0. The van der Waals surface area contributed by atoms with Crippen LogP contribution in [0, 0.1) is 0 Å². The molecule has 0 nitrogen and oxygen atoms in total. The highest BCUT2D eigenvalue weighted by Crippen LogP contribution is 2.28. The monoisotopic (exact) mass is 208 g/mol. The summed E-state index contributed by atoms with van der Waals surface area (Å²) >= 11 is 6.23. The minimum absolute atomic E-state index is 0.197. The first-order valence-corrected chi connectivity index (χ1v) is 6.00. The third kappa shape index (κ3) is 1.95. The molecule has 2 rings (SSSR count). The third-order valence-electron chi connectivity index (χ3n) is 3.09. The fourth-order valence-electron chi connectivity index (χ4n) is 2.18. The first-order valence-electron chi connectivity index (χ1n) is 5.57. The van der Waals surface area contributed by atoms with E-state index in [1.165, 1.54) is 36.8 Å². The zero-order valence-corrected chi connectivity index (χ0v) is 9.48. The van der Waals surface area contributed by atoms with Crippen molar-refractivity contribution in [2.75, 3.05) is 0 Å². The Balaban J connectivity index is 2.29. The van der Waals surface area contributed by atoms with Gasteiger partial charge >= 0.3 is 0 Å². The average Bonchev–Trinajstić information content (AvgIpc) is 2.27. The van der Waals surface area contributed by atoms with Gasteiger partial charge in [-0.15, -0.1) is 11.6 Å². The van der Waals surface area contributed by atoms with Crippen LogP contribution in [0.5, 0.6) is 0 Å². The summed E-state index contributed by atoms with van der Waals surface area (Å²) in [4.78, 5) is 0. The minimum atomic E-state index is 0.197. The number of fused-ring (bicyclic) bond motifs is 1. The summed E-state index contributed by atoms with van der Waals surface area (Å²) in [6.45, 7) is 2.14. The van der Waals surface area contributed by atoms with Crippen LogP contribution in [-0.2, 0) is 12.8 Å². The van der Waals surface area contributed by atoms with E-state index >= 15 is 0 Å². The summed E-state index contributed by atoms with van der Waals surface area (Å²) in [6, 6.07) is 6.79. The van der Waals surface area contributed by atoms with Crippen molar-refractivity contribution in [2.24, 2.45) is 0 Å². The van der Waals surface area contributed by atoms with Crippen molar-refractivity contribution in [3.8, 4) is 0 Å². The van der Waals surface area contributed by atoms with Crippen LogP contribution in [0.15, 0.2) is 18.2 Å². The Kier molecular flexibility index (Phi) is 3.12. The molecule has 0 radical (unpaired) electrons. The van der Waals surface area contributed by atoms with E-state index in [1.807, 2.05) is 0 Å². The molecule has 1 aliphatic carbocycles. The van der Waals surface area contributed by atoms with Crippen LogP contribution in [0.4, 0.5) is 0 Å². The second kappa shape index (κ2) is 4.35. The summed E-state index contributed by atoms with van der Waals surface area (Å²) in [7, 11) is 0. The number of halogens is 1. The van der Waals surface area contributed by atoms with Crippen LogP contribution in [0.2, 0.25) is 0 Å². The fourth-order valence-corrected chi connectivity index (χ4v) is 2.32. The number of rotatable bonds is 2. The maximum atomic E-state index is 6.23. The van der Waals surface area contributed by atoms with Crippen molar-refractivity contribution in [1.82, 2.24) is 0 Å². The summed E-state index contributed by atoms with van der Waals surface area (Å²) in [6.07, 6.45) is 6.21. The number of benzene rings is 1. The largest absolute Gasteiger partial charge is 0.118 e. The van der Waals surface area contributed by atoms with Gasteiger partial charge < -0.3 is 0 Å². The average molecular weight is 209 g/mol. The highest BCUT2D eigenvalue weighted by atomic mass is 35.5. The van der Waals surface area contributed by atoms with Gasteiger partial charge in [-0.2, -0.15) is 0 Å². The van der Waals surface area contributed by atoms with Crippen molar-refractivity contribution in [3.05, 3.63) is 34.9 Å². The van der Waals surface area contributed by atoms with Crippen molar-refractivity contribution in [3.63, 3.8) is 0 Å². The van der Waals surface area contributed by atoms with Crippen molar-refractivity contribution in [1.29, 1.82) is 0 Å². The molecule has 0 aliphatic heterocycles. The van der Waals surface area contributed by atoms with Gasteiger partial charge in [-0.05, 0) is 48.8 Å². The quantitative estimate of drug-likeness (QED) is 0.638. The summed E-state index contributed by atoms with van der Waals surface area (Å²) in [5.74, 6) is 0. The predicted molar refractivity (Wildman–Crippen MR) is 62.0 cm³/mol. The van der Waals surface area contributed by atoms with Gasteiger partial charge in [0, 0.05) is 0 Å².